The Morgan fingerprint density at radius 1 is 1.17 bits per heavy atom. The van der Waals surface area contributed by atoms with Gasteiger partial charge in [-0.05, 0) is 46.3 Å². The number of halogens is 1. The van der Waals surface area contributed by atoms with Crippen molar-refractivity contribution in [1.82, 2.24) is 0 Å². The van der Waals surface area contributed by atoms with Gasteiger partial charge < -0.3 is 15.6 Å². The maximum Gasteiger partial charge on any atom is 0.339 e. The van der Waals surface area contributed by atoms with E-state index in [-0.39, 0.29) is 11.3 Å². The van der Waals surface area contributed by atoms with Crippen LogP contribution in [-0.2, 0) is 0 Å². The lowest BCUT2D eigenvalue weighted by atomic mass is 10.2. The van der Waals surface area contributed by atoms with Gasteiger partial charge in [0.25, 0.3) is 0 Å². The van der Waals surface area contributed by atoms with E-state index in [9.17, 15) is 4.79 Å². The van der Waals surface area contributed by atoms with Gasteiger partial charge in [-0.1, -0.05) is 12.1 Å². The van der Waals surface area contributed by atoms with E-state index in [0.717, 1.165) is 4.47 Å². The summed E-state index contributed by atoms with van der Waals surface area (Å²) in [4.78, 5) is 11.1. The van der Waals surface area contributed by atoms with Gasteiger partial charge in [0.2, 0.25) is 0 Å². The molecule has 0 heterocycles. The summed E-state index contributed by atoms with van der Waals surface area (Å²) in [6.45, 7) is 0. The molecule has 0 aliphatic rings. The number of nitrogen functional groups attached to an aromatic ring is 1. The Bertz CT molecular complexity index is 599. The lowest BCUT2D eigenvalue weighted by Crippen LogP contribution is -2.01. The Kier molecular flexibility index (Phi) is 3.53. The number of rotatable bonds is 3. The largest absolute Gasteiger partial charge is 0.478 e. The van der Waals surface area contributed by atoms with E-state index in [2.05, 4.69) is 15.9 Å². The maximum atomic E-state index is 11.1. The second-order valence-electron chi connectivity index (χ2n) is 3.59. The molecular formula is C13H10BrNO3. The molecule has 0 aromatic heterocycles. The topological polar surface area (TPSA) is 72.5 Å². The number of carboxylic acid groups (broad SMARTS) is 1. The Morgan fingerprint density at radius 2 is 1.89 bits per heavy atom. The van der Waals surface area contributed by atoms with Gasteiger partial charge in [-0.3, -0.25) is 0 Å². The van der Waals surface area contributed by atoms with Gasteiger partial charge >= 0.3 is 5.97 Å². The minimum atomic E-state index is -1.08. The van der Waals surface area contributed by atoms with Crippen LogP contribution in [0.2, 0.25) is 0 Å². The van der Waals surface area contributed by atoms with Crippen LogP contribution in [0.1, 0.15) is 10.4 Å². The third-order valence-corrected chi connectivity index (χ3v) is 2.95. The molecule has 0 bridgehead atoms. The number of ether oxygens (including phenoxy) is 1. The van der Waals surface area contributed by atoms with Crippen LogP contribution in [0.3, 0.4) is 0 Å². The molecule has 18 heavy (non-hydrogen) atoms. The lowest BCUT2D eigenvalue weighted by Gasteiger charge is -2.10. The van der Waals surface area contributed by atoms with Crippen LogP contribution in [0.25, 0.3) is 0 Å². The standard InChI is InChI=1S/C13H10BrNO3/c14-10-3-1-2-4-12(10)18-11-6-5-8(15)7-9(11)13(16)17/h1-7H,15H2,(H,16,17). The summed E-state index contributed by atoms with van der Waals surface area (Å²) in [5.41, 5.74) is 5.97. The van der Waals surface area contributed by atoms with E-state index in [1.54, 1.807) is 18.2 Å². The molecule has 5 heteroatoms. The molecule has 0 amide bonds. The monoisotopic (exact) mass is 307 g/mol. The minimum Gasteiger partial charge on any atom is -0.478 e. The quantitative estimate of drug-likeness (QED) is 0.851. The summed E-state index contributed by atoms with van der Waals surface area (Å²) in [6, 6.07) is 11.7. The van der Waals surface area contributed by atoms with Gasteiger partial charge in [0.1, 0.15) is 17.1 Å². The molecule has 0 spiro atoms. The van der Waals surface area contributed by atoms with Crippen molar-refractivity contribution >= 4 is 27.6 Å². The van der Waals surface area contributed by atoms with Gasteiger partial charge in [-0.15, -0.1) is 0 Å². The number of hydrogen-bond acceptors (Lipinski definition) is 3. The fourth-order valence-corrected chi connectivity index (χ4v) is 1.82. The van der Waals surface area contributed by atoms with Crippen LogP contribution in [0.15, 0.2) is 46.9 Å². The average Bonchev–Trinajstić information content (AvgIpc) is 2.34. The van der Waals surface area contributed by atoms with E-state index in [1.807, 2.05) is 12.1 Å². The van der Waals surface area contributed by atoms with Crippen molar-refractivity contribution in [2.24, 2.45) is 0 Å². The van der Waals surface area contributed by atoms with Gasteiger partial charge in [0, 0.05) is 5.69 Å². The third kappa shape index (κ3) is 2.62. The fraction of sp³-hybridized carbons (Fsp3) is 0. The molecule has 0 saturated carbocycles. The highest BCUT2D eigenvalue weighted by Gasteiger charge is 2.13. The summed E-state index contributed by atoms with van der Waals surface area (Å²) in [7, 11) is 0. The molecule has 4 nitrogen and oxygen atoms in total. The second-order valence-corrected chi connectivity index (χ2v) is 4.45. The first-order valence-electron chi connectivity index (χ1n) is 5.13. The number of anilines is 1. The molecule has 3 N–H and O–H groups in total. The molecule has 2 aromatic rings. The van der Waals surface area contributed by atoms with E-state index < -0.39 is 5.97 Å². The molecule has 0 atom stereocenters. The first-order valence-corrected chi connectivity index (χ1v) is 5.92. The Hall–Kier alpha value is -2.01. The second kappa shape index (κ2) is 5.10. The van der Waals surface area contributed by atoms with Crippen molar-refractivity contribution in [3.63, 3.8) is 0 Å². The first-order chi connectivity index (χ1) is 8.58. The molecule has 92 valence electrons. The molecule has 0 aliphatic heterocycles. The highest BCUT2D eigenvalue weighted by molar-refractivity contribution is 9.10. The van der Waals surface area contributed by atoms with Crippen LogP contribution in [0, 0.1) is 0 Å². The Morgan fingerprint density at radius 3 is 2.56 bits per heavy atom. The summed E-state index contributed by atoms with van der Waals surface area (Å²) in [5, 5.41) is 9.09. The molecule has 0 saturated heterocycles. The third-order valence-electron chi connectivity index (χ3n) is 2.29. The zero-order valence-electron chi connectivity index (χ0n) is 9.26. The van der Waals surface area contributed by atoms with Crippen LogP contribution in [0.5, 0.6) is 11.5 Å². The number of benzene rings is 2. The SMILES string of the molecule is Nc1ccc(Oc2ccccc2Br)c(C(=O)O)c1. The van der Waals surface area contributed by atoms with Gasteiger partial charge in [-0.2, -0.15) is 0 Å². The number of nitrogens with two attached hydrogens (primary N) is 1. The van der Waals surface area contributed by atoms with Crippen molar-refractivity contribution in [1.29, 1.82) is 0 Å². The number of carboxylic acids is 1. The van der Waals surface area contributed by atoms with E-state index in [0.29, 0.717) is 11.4 Å². The molecule has 0 unspecified atom stereocenters. The van der Waals surface area contributed by atoms with Gasteiger partial charge in [0.15, 0.2) is 0 Å². The van der Waals surface area contributed by atoms with Crippen LogP contribution < -0.4 is 10.5 Å². The van der Waals surface area contributed by atoms with Crippen molar-refractivity contribution in [2.45, 2.75) is 0 Å². The van der Waals surface area contributed by atoms with Gasteiger partial charge in [0.05, 0.1) is 4.47 Å². The van der Waals surface area contributed by atoms with Crippen molar-refractivity contribution in [3.8, 4) is 11.5 Å². The summed E-state index contributed by atoms with van der Waals surface area (Å²) in [5.74, 6) is -0.280. The number of aromatic carboxylic acids is 1. The summed E-state index contributed by atoms with van der Waals surface area (Å²) < 4.78 is 6.32. The van der Waals surface area contributed by atoms with Gasteiger partial charge in [-0.25, -0.2) is 4.79 Å². The van der Waals surface area contributed by atoms with Crippen LogP contribution in [-0.4, -0.2) is 11.1 Å². The number of para-hydroxylation sites is 1. The summed E-state index contributed by atoms with van der Waals surface area (Å²) in [6.07, 6.45) is 0. The van der Waals surface area contributed by atoms with Crippen molar-refractivity contribution < 1.29 is 14.6 Å². The predicted octanol–water partition coefficient (Wildman–Crippen LogP) is 3.52. The van der Waals surface area contributed by atoms with Crippen LogP contribution >= 0.6 is 15.9 Å². The zero-order chi connectivity index (χ0) is 13.1. The normalized spacial score (nSPS) is 10.1. The fourth-order valence-electron chi connectivity index (χ4n) is 1.45. The van der Waals surface area contributed by atoms with Crippen molar-refractivity contribution in [3.05, 3.63) is 52.5 Å². The van der Waals surface area contributed by atoms with E-state index >= 15 is 0 Å². The molecule has 2 aromatic carbocycles. The Balaban J connectivity index is 2.41. The maximum absolute atomic E-state index is 11.1. The molecular weight excluding hydrogens is 298 g/mol. The smallest absolute Gasteiger partial charge is 0.339 e. The minimum absolute atomic E-state index is 0.0331. The van der Waals surface area contributed by atoms with E-state index in [1.165, 1.54) is 12.1 Å². The average molecular weight is 308 g/mol. The van der Waals surface area contributed by atoms with E-state index in [4.69, 9.17) is 15.6 Å². The van der Waals surface area contributed by atoms with Crippen LogP contribution in [0.4, 0.5) is 5.69 Å². The van der Waals surface area contributed by atoms with Crippen molar-refractivity contribution in [2.75, 3.05) is 5.73 Å². The molecule has 0 fully saturated rings. The molecule has 0 aliphatic carbocycles. The summed E-state index contributed by atoms with van der Waals surface area (Å²) >= 11 is 3.33. The first kappa shape index (κ1) is 12.4. The Labute approximate surface area is 112 Å². The molecule has 2 rings (SSSR count). The number of hydrogen-bond donors (Lipinski definition) is 2. The lowest BCUT2D eigenvalue weighted by molar-refractivity contribution is 0.0694. The highest BCUT2D eigenvalue weighted by atomic mass is 79.9. The predicted molar refractivity (Wildman–Crippen MR) is 72.0 cm³/mol. The zero-order valence-corrected chi connectivity index (χ0v) is 10.8. The number of carbonyl (C=O) groups is 1. The molecule has 0 radical (unpaired) electrons. The highest BCUT2D eigenvalue weighted by Crippen LogP contribution is 2.32.